The highest BCUT2D eigenvalue weighted by Gasteiger charge is 1.88. The Labute approximate surface area is 99.3 Å². The first-order valence-corrected chi connectivity index (χ1v) is 5.82. The quantitative estimate of drug-likeness (QED) is 0.595. The Hall–Kier alpha value is -0.350. The van der Waals surface area contributed by atoms with Crippen molar-refractivity contribution in [3.8, 4) is 0 Å². The van der Waals surface area contributed by atoms with Crippen LogP contribution in [0, 0.1) is 3.57 Å². The number of unbranched alkanes of at least 4 members (excludes halogenated alkanes) is 1. The SMILES string of the molecule is COCCC/C=C/c1cccc(I)c1. The molecule has 0 amide bonds. The van der Waals surface area contributed by atoms with Gasteiger partial charge in [-0.1, -0.05) is 24.3 Å². The van der Waals surface area contributed by atoms with Crippen LogP contribution in [-0.2, 0) is 4.74 Å². The van der Waals surface area contributed by atoms with Gasteiger partial charge in [0, 0.05) is 17.3 Å². The highest BCUT2D eigenvalue weighted by atomic mass is 127. The van der Waals surface area contributed by atoms with Gasteiger partial charge < -0.3 is 4.74 Å². The molecule has 1 aromatic rings. The summed E-state index contributed by atoms with van der Waals surface area (Å²) in [6.07, 6.45) is 6.54. The Morgan fingerprint density at radius 3 is 3.00 bits per heavy atom. The maximum atomic E-state index is 4.98. The predicted molar refractivity (Wildman–Crippen MR) is 69.3 cm³/mol. The Morgan fingerprint density at radius 2 is 2.29 bits per heavy atom. The van der Waals surface area contributed by atoms with Gasteiger partial charge in [-0.05, 0) is 53.1 Å². The van der Waals surface area contributed by atoms with Crippen LogP contribution in [0.5, 0.6) is 0 Å². The molecule has 14 heavy (non-hydrogen) atoms. The second kappa shape index (κ2) is 7.01. The van der Waals surface area contributed by atoms with Crippen LogP contribution in [0.3, 0.4) is 0 Å². The summed E-state index contributed by atoms with van der Waals surface area (Å²) in [5, 5.41) is 0. The van der Waals surface area contributed by atoms with Crippen LogP contribution in [0.1, 0.15) is 18.4 Å². The number of hydrogen-bond acceptors (Lipinski definition) is 1. The van der Waals surface area contributed by atoms with Crippen LogP contribution in [0.2, 0.25) is 0 Å². The molecule has 0 radical (unpaired) electrons. The summed E-state index contributed by atoms with van der Waals surface area (Å²) in [5.41, 5.74) is 1.27. The molecule has 0 unspecified atom stereocenters. The zero-order chi connectivity index (χ0) is 10.2. The molecule has 0 N–H and O–H groups in total. The highest BCUT2D eigenvalue weighted by molar-refractivity contribution is 14.1. The summed E-state index contributed by atoms with van der Waals surface area (Å²) in [7, 11) is 1.74. The third-order valence-electron chi connectivity index (χ3n) is 1.88. The Kier molecular flexibility index (Phi) is 5.87. The van der Waals surface area contributed by atoms with Gasteiger partial charge in [0.15, 0.2) is 0 Å². The molecule has 76 valence electrons. The van der Waals surface area contributed by atoms with Crippen molar-refractivity contribution >= 4 is 28.7 Å². The number of allylic oxidation sites excluding steroid dienone is 1. The molecular formula is C12H15IO. The van der Waals surface area contributed by atoms with Crippen molar-refractivity contribution in [2.24, 2.45) is 0 Å². The molecule has 0 aliphatic heterocycles. The number of ether oxygens (including phenoxy) is 1. The fourth-order valence-corrected chi connectivity index (χ4v) is 1.74. The van der Waals surface area contributed by atoms with E-state index in [0.29, 0.717) is 0 Å². The lowest BCUT2D eigenvalue weighted by Gasteiger charge is -1.95. The van der Waals surface area contributed by atoms with E-state index in [1.165, 1.54) is 9.13 Å². The van der Waals surface area contributed by atoms with Crippen LogP contribution in [0.15, 0.2) is 30.3 Å². The number of halogens is 1. The van der Waals surface area contributed by atoms with Crippen LogP contribution >= 0.6 is 22.6 Å². The van der Waals surface area contributed by atoms with Crippen molar-refractivity contribution in [3.63, 3.8) is 0 Å². The van der Waals surface area contributed by atoms with E-state index >= 15 is 0 Å². The standard InChI is InChI=1S/C12H15IO/c1-14-9-4-2-3-6-11-7-5-8-12(13)10-11/h3,5-8,10H,2,4,9H2,1H3/b6-3+. The summed E-state index contributed by atoms with van der Waals surface area (Å²) in [6.45, 7) is 0.844. The van der Waals surface area contributed by atoms with E-state index in [4.69, 9.17) is 4.74 Å². The normalized spacial score (nSPS) is 11.0. The molecule has 0 spiro atoms. The molecule has 0 aliphatic rings. The summed E-state index contributed by atoms with van der Waals surface area (Å²) in [4.78, 5) is 0. The van der Waals surface area contributed by atoms with E-state index in [-0.39, 0.29) is 0 Å². The number of benzene rings is 1. The van der Waals surface area contributed by atoms with Gasteiger partial charge in [-0.3, -0.25) is 0 Å². The minimum Gasteiger partial charge on any atom is -0.385 e. The second-order valence-electron chi connectivity index (χ2n) is 3.09. The van der Waals surface area contributed by atoms with Crippen LogP contribution in [0.4, 0.5) is 0 Å². The van der Waals surface area contributed by atoms with Crippen molar-refractivity contribution in [3.05, 3.63) is 39.5 Å². The fraction of sp³-hybridized carbons (Fsp3) is 0.333. The zero-order valence-corrected chi connectivity index (χ0v) is 10.5. The Bertz CT molecular complexity index is 294. The lowest BCUT2D eigenvalue weighted by Crippen LogP contribution is -1.85. The van der Waals surface area contributed by atoms with Crippen LogP contribution in [0.25, 0.3) is 6.08 Å². The molecule has 0 atom stereocenters. The largest absolute Gasteiger partial charge is 0.385 e. The molecule has 0 saturated heterocycles. The van der Waals surface area contributed by atoms with E-state index in [9.17, 15) is 0 Å². The average Bonchev–Trinajstić information content (AvgIpc) is 2.18. The minimum atomic E-state index is 0.844. The summed E-state index contributed by atoms with van der Waals surface area (Å²) in [6, 6.07) is 8.47. The monoisotopic (exact) mass is 302 g/mol. The van der Waals surface area contributed by atoms with Gasteiger partial charge in [-0.15, -0.1) is 0 Å². The van der Waals surface area contributed by atoms with Gasteiger partial charge in [0.05, 0.1) is 0 Å². The van der Waals surface area contributed by atoms with Gasteiger partial charge in [0.2, 0.25) is 0 Å². The van der Waals surface area contributed by atoms with Gasteiger partial charge in [-0.25, -0.2) is 0 Å². The van der Waals surface area contributed by atoms with Crippen LogP contribution in [-0.4, -0.2) is 13.7 Å². The molecule has 0 fully saturated rings. The van der Waals surface area contributed by atoms with E-state index in [1.54, 1.807) is 7.11 Å². The average molecular weight is 302 g/mol. The predicted octanol–water partition coefficient (Wildman–Crippen LogP) is 3.73. The van der Waals surface area contributed by atoms with Gasteiger partial charge in [-0.2, -0.15) is 0 Å². The molecule has 2 heteroatoms. The van der Waals surface area contributed by atoms with Crippen molar-refractivity contribution < 1.29 is 4.74 Å². The molecular weight excluding hydrogens is 287 g/mol. The van der Waals surface area contributed by atoms with E-state index in [0.717, 1.165) is 19.4 Å². The minimum absolute atomic E-state index is 0.844. The molecule has 1 rings (SSSR count). The first-order chi connectivity index (χ1) is 6.83. The number of rotatable bonds is 5. The third-order valence-corrected chi connectivity index (χ3v) is 2.55. The van der Waals surface area contributed by atoms with Crippen molar-refractivity contribution in [1.29, 1.82) is 0 Å². The Balaban J connectivity index is 2.36. The van der Waals surface area contributed by atoms with Crippen LogP contribution < -0.4 is 0 Å². The molecule has 0 saturated carbocycles. The smallest absolute Gasteiger partial charge is 0.0465 e. The lowest BCUT2D eigenvalue weighted by atomic mass is 10.2. The molecule has 0 heterocycles. The highest BCUT2D eigenvalue weighted by Crippen LogP contribution is 2.09. The van der Waals surface area contributed by atoms with E-state index in [1.807, 2.05) is 0 Å². The second-order valence-corrected chi connectivity index (χ2v) is 4.34. The number of hydrogen-bond donors (Lipinski definition) is 0. The summed E-state index contributed by atoms with van der Waals surface area (Å²) < 4.78 is 6.26. The lowest BCUT2D eigenvalue weighted by molar-refractivity contribution is 0.196. The molecule has 0 bridgehead atoms. The summed E-state index contributed by atoms with van der Waals surface area (Å²) in [5.74, 6) is 0. The van der Waals surface area contributed by atoms with Gasteiger partial charge in [0.25, 0.3) is 0 Å². The Morgan fingerprint density at radius 1 is 1.43 bits per heavy atom. The molecule has 0 aromatic heterocycles. The van der Waals surface area contributed by atoms with Gasteiger partial charge >= 0.3 is 0 Å². The molecule has 1 aromatic carbocycles. The topological polar surface area (TPSA) is 9.23 Å². The van der Waals surface area contributed by atoms with E-state index in [2.05, 4.69) is 59.0 Å². The fourth-order valence-electron chi connectivity index (χ4n) is 1.18. The molecule has 0 aliphatic carbocycles. The maximum Gasteiger partial charge on any atom is 0.0465 e. The maximum absolute atomic E-state index is 4.98. The van der Waals surface area contributed by atoms with Gasteiger partial charge in [0.1, 0.15) is 0 Å². The number of methoxy groups -OCH3 is 1. The van der Waals surface area contributed by atoms with Crippen molar-refractivity contribution in [2.75, 3.05) is 13.7 Å². The first kappa shape index (κ1) is 11.7. The molecule has 1 nitrogen and oxygen atoms in total. The van der Waals surface area contributed by atoms with E-state index < -0.39 is 0 Å². The third kappa shape index (κ3) is 4.77. The zero-order valence-electron chi connectivity index (χ0n) is 8.37. The van der Waals surface area contributed by atoms with Crippen molar-refractivity contribution in [1.82, 2.24) is 0 Å². The first-order valence-electron chi connectivity index (χ1n) is 4.74. The summed E-state index contributed by atoms with van der Waals surface area (Å²) >= 11 is 2.33. The van der Waals surface area contributed by atoms with Crippen molar-refractivity contribution in [2.45, 2.75) is 12.8 Å².